The minimum Gasteiger partial charge on any atom is -0.497 e. The predicted octanol–water partition coefficient (Wildman–Crippen LogP) is 3.57. The summed E-state index contributed by atoms with van der Waals surface area (Å²) < 4.78 is 29.2. The number of benzene rings is 2. The number of ether oxygens (including phenoxy) is 5. The average molecular weight is 531 g/mol. The lowest BCUT2D eigenvalue weighted by Gasteiger charge is -2.41. The number of carbonyl (C=O) groups is 2. The van der Waals surface area contributed by atoms with Crippen molar-refractivity contribution in [3.8, 4) is 11.5 Å². The molecule has 0 bridgehead atoms. The Kier molecular flexibility index (Phi) is 8.70. The Balaban J connectivity index is 1.60. The Labute approximate surface area is 219 Å². The molecule has 11 heteroatoms. The van der Waals surface area contributed by atoms with Crippen LogP contribution in [-0.2, 0) is 32.2 Å². The molecule has 4 rings (SSSR count). The van der Waals surface area contributed by atoms with Gasteiger partial charge in [0.25, 0.3) is 0 Å². The molecule has 0 aromatic heterocycles. The fraction of sp³-hybridized carbons (Fsp3) is 0.423. The van der Waals surface area contributed by atoms with Gasteiger partial charge in [-0.25, -0.2) is 4.79 Å². The molecule has 0 spiro atoms. The number of amidine groups is 1. The third-order valence-corrected chi connectivity index (χ3v) is 7.39. The summed E-state index contributed by atoms with van der Waals surface area (Å²) in [6.45, 7) is 1.88. The number of carbonyl (C=O) groups excluding carboxylic acids is 1. The van der Waals surface area contributed by atoms with Crippen LogP contribution in [0.4, 0.5) is 4.79 Å². The van der Waals surface area contributed by atoms with Crippen LogP contribution in [0.15, 0.2) is 53.5 Å². The van der Waals surface area contributed by atoms with Crippen LogP contribution >= 0.6 is 11.8 Å². The molecule has 198 valence electrons. The van der Waals surface area contributed by atoms with Gasteiger partial charge in [0.1, 0.15) is 41.3 Å². The molecule has 2 aliphatic rings. The van der Waals surface area contributed by atoms with Gasteiger partial charge in [0.05, 0.1) is 27.4 Å². The molecule has 37 heavy (non-hydrogen) atoms. The van der Waals surface area contributed by atoms with Crippen molar-refractivity contribution in [2.24, 2.45) is 4.99 Å². The molecule has 0 saturated carbocycles. The molecule has 2 aliphatic heterocycles. The Morgan fingerprint density at radius 2 is 1.46 bits per heavy atom. The standard InChI is InChI=1S/C26H30N2O8S/c1-15(29)21-23(35-14-17-7-11-19(33-4)12-8-17)22(34-13-16-5-9-18(32-3)10-6-16)20-24(36-21)37-25(27-20)28(2)26(30)31/h5-12,20-24H,13-14H2,1-4H3,(H,30,31)/t20-,21-,22-,23-,24-/m1/s1. The average Bonchev–Trinajstić information content (AvgIpc) is 3.34. The van der Waals surface area contributed by atoms with Crippen LogP contribution in [0, 0.1) is 0 Å². The summed E-state index contributed by atoms with van der Waals surface area (Å²) in [5, 5.41) is 9.71. The monoisotopic (exact) mass is 530 g/mol. The number of hydrogen-bond donors (Lipinski definition) is 1. The maximum absolute atomic E-state index is 12.7. The molecule has 1 saturated heterocycles. The Morgan fingerprint density at radius 3 is 1.92 bits per heavy atom. The number of fused-ring (bicyclic) bond motifs is 1. The summed E-state index contributed by atoms with van der Waals surface area (Å²) in [7, 11) is 4.61. The first kappa shape index (κ1) is 26.9. The highest BCUT2D eigenvalue weighted by molar-refractivity contribution is 8.14. The van der Waals surface area contributed by atoms with E-state index in [9.17, 15) is 14.7 Å². The number of methoxy groups -OCH3 is 2. The number of Topliss-reactive ketones (excluding diaryl/α,β-unsaturated/α-hetero) is 1. The second kappa shape index (κ2) is 12.0. The molecule has 2 aromatic rings. The Morgan fingerprint density at radius 1 is 0.946 bits per heavy atom. The quantitative estimate of drug-likeness (QED) is 0.519. The van der Waals surface area contributed by atoms with E-state index < -0.39 is 35.9 Å². The molecular weight excluding hydrogens is 500 g/mol. The molecule has 0 aliphatic carbocycles. The molecule has 1 N–H and O–H groups in total. The number of thioether (sulfide) groups is 1. The van der Waals surface area contributed by atoms with Gasteiger partial charge >= 0.3 is 6.09 Å². The molecule has 1 amide bonds. The van der Waals surface area contributed by atoms with Crippen LogP contribution in [-0.4, -0.2) is 78.1 Å². The summed E-state index contributed by atoms with van der Waals surface area (Å²) in [6, 6.07) is 14.3. The highest BCUT2D eigenvalue weighted by Crippen LogP contribution is 2.40. The van der Waals surface area contributed by atoms with E-state index in [0.717, 1.165) is 39.3 Å². The zero-order valence-electron chi connectivity index (χ0n) is 21.0. The van der Waals surface area contributed by atoms with Crippen LogP contribution in [0.2, 0.25) is 0 Å². The number of aliphatic imine (C=N–C) groups is 1. The topological polar surface area (TPSA) is 116 Å². The van der Waals surface area contributed by atoms with Gasteiger partial charge in [0.15, 0.2) is 11.0 Å². The van der Waals surface area contributed by atoms with Crippen molar-refractivity contribution >= 4 is 28.8 Å². The van der Waals surface area contributed by atoms with E-state index in [1.807, 2.05) is 48.5 Å². The molecule has 2 aromatic carbocycles. The van der Waals surface area contributed by atoms with Crippen molar-refractivity contribution < 1.29 is 38.4 Å². The first-order chi connectivity index (χ1) is 17.8. The van der Waals surface area contributed by atoms with Gasteiger partial charge in [-0.15, -0.1) is 0 Å². The van der Waals surface area contributed by atoms with Crippen molar-refractivity contribution in [1.82, 2.24) is 4.90 Å². The van der Waals surface area contributed by atoms with E-state index in [0.29, 0.717) is 0 Å². The highest BCUT2D eigenvalue weighted by atomic mass is 32.2. The van der Waals surface area contributed by atoms with Gasteiger partial charge in [0, 0.05) is 7.05 Å². The fourth-order valence-electron chi connectivity index (χ4n) is 4.10. The molecular formula is C26H30N2O8S. The second-order valence-corrected chi connectivity index (χ2v) is 9.71. The van der Waals surface area contributed by atoms with E-state index in [2.05, 4.69) is 4.99 Å². The van der Waals surface area contributed by atoms with Crippen molar-refractivity contribution in [2.75, 3.05) is 21.3 Å². The minimum atomic E-state index is -1.14. The number of amides is 1. The van der Waals surface area contributed by atoms with Crippen LogP contribution in [0.3, 0.4) is 0 Å². The van der Waals surface area contributed by atoms with Gasteiger partial charge in [-0.1, -0.05) is 36.0 Å². The second-order valence-electron chi connectivity index (χ2n) is 8.64. The molecule has 0 unspecified atom stereocenters. The van der Waals surface area contributed by atoms with Gasteiger partial charge in [-0.2, -0.15) is 0 Å². The number of nitrogens with zero attached hydrogens (tertiary/aromatic N) is 2. The first-order valence-electron chi connectivity index (χ1n) is 11.7. The Bertz CT molecular complexity index is 1120. The number of carboxylic acid groups (broad SMARTS) is 1. The number of ketones is 1. The van der Waals surface area contributed by atoms with E-state index in [1.54, 1.807) is 14.2 Å². The predicted molar refractivity (Wildman–Crippen MR) is 137 cm³/mol. The summed E-state index contributed by atoms with van der Waals surface area (Å²) in [4.78, 5) is 29.9. The molecule has 10 nitrogen and oxygen atoms in total. The van der Waals surface area contributed by atoms with Gasteiger partial charge in [-0.3, -0.25) is 14.7 Å². The van der Waals surface area contributed by atoms with Crippen LogP contribution in [0.5, 0.6) is 11.5 Å². The van der Waals surface area contributed by atoms with Gasteiger partial charge in [-0.05, 0) is 42.3 Å². The number of rotatable bonds is 9. The summed E-state index contributed by atoms with van der Waals surface area (Å²) >= 11 is 1.16. The summed E-state index contributed by atoms with van der Waals surface area (Å²) in [5.41, 5.74) is 1.19. The molecule has 0 radical (unpaired) electrons. The Hall–Kier alpha value is -3.12. The summed E-state index contributed by atoms with van der Waals surface area (Å²) in [5.74, 6) is 1.24. The molecule has 5 atom stereocenters. The normalized spacial score (nSPS) is 24.6. The van der Waals surface area contributed by atoms with Crippen LogP contribution in [0.1, 0.15) is 18.1 Å². The minimum absolute atomic E-state index is 0.209. The van der Waals surface area contributed by atoms with E-state index in [4.69, 9.17) is 23.7 Å². The number of hydrogen-bond acceptors (Lipinski definition) is 9. The summed E-state index contributed by atoms with van der Waals surface area (Å²) in [6.07, 6.45) is -3.48. The van der Waals surface area contributed by atoms with Crippen molar-refractivity contribution in [1.29, 1.82) is 0 Å². The fourth-order valence-corrected chi connectivity index (χ4v) is 5.25. The van der Waals surface area contributed by atoms with Crippen LogP contribution in [0.25, 0.3) is 0 Å². The van der Waals surface area contributed by atoms with Gasteiger partial charge < -0.3 is 28.8 Å². The largest absolute Gasteiger partial charge is 0.497 e. The molecule has 1 fully saturated rings. The van der Waals surface area contributed by atoms with E-state index in [-0.39, 0.29) is 24.2 Å². The zero-order valence-corrected chi connectivity index (χ0v) is 21.8. The smallest absolute Gasteiger partial charge is 0.413 e. The van der Waals surface area contributed by atoms with Crippen molar-refractivity contribution in [3.05, 3.63) is 59.7 Å². The van der Waals surface area contributed by atoms with Crippen molar-refractivity contribution in [3.63, 3.8) is 0 Å². The maximum atomic E-state index is 12.7. The first-order valence-corrected chi connectivity index (χ1v) is 12.5. The highest BCUT2D eigenvalue weighted by Gasteiger charge is 2.52. The van der Waals surface area contributed by atoms with E-state index in [1.165, 1.54) is 14.0 Å². The molecule has 2 heterocycles. The van der Waals surface area contributed by atoms with E-state index >= 15 is 0 Å². The van der Waals surface area contributed by atoms with Crippen molar-refractivity contribution in [2.45, 2.75) is 49.9 Å². The van der Waals surface area contributed by atoms with Gasteiger partial charge in [0.2, 0.25) is 0 Å². The third kappa shape index (κ3) is 6.24. The third-order valence-electron chi connectivity index (χ3n) is 6.18. The zero-order chi connectivity index (χ0) is 26.5. The lowest BCUT2D eigenvalue weighted by atomic mass is 9.95. The van der Waals surface area contributed by atoms with Crippen LogP contribution < -0.4 is 9.47 Å². The SMILES string of the molecule is COc1ccc(CO[C@@H]2[C@H]3N=C(N(C)C(=O)O)S[C@H]3O[C@H](C(C)=O)[C@H]2OCc2ccc(OC)cc2)cc1. The lowest BCUT2D eigenvalue weighted by Crippen LogP contribution is -2.58. The maximum Gasteiger partial charge on any atom is 0.413 e. The lowest BCUT2D eigenvalue weighted by molar-refractivity contribution is -0.198.